The summed E-state index contributed by atoms with van der Waals surface area (Å²) in [5.41, 5.74) is 0.710. The third-order valence-corrected chi connectivity index (χ3v) is 1.84. The van der Waals surface area contributed by atoms with Crippen LogP contribution < -0.4 is 5.32 Å². The van der Waals surface area contributed by atoms with Crippen LogP contribution in [0, 0.1) is 0 Å². The number of methoxy groups -OCH3 is 1. The van der Waals surface area contributed by atoms with Crippen molar-refractivity contribution in [3.8, 4) is 0 Å². The molecule has 16 heavy (non-hydrogen) atoms. The molecule has 0 aromatic heterocycles. The predicted molar refractivity (Wildman–Crippen MR) is 60.8 cm³/mol. The van der Waals surface area contributed by atoms with Gasteiger partial charge in [-0.3, -0.25) is 9.79 Å². The Kier molecular flexibility index (Phi) is 4.20. The van der Waals surface area contributed by atoms with Gasteiger partial charge in [0.25, 0.3) is 5.91 Å². The number of esters is 1. The maximum atomic E-state index is 11.4. The van der Waals surface area contributed by atoms with Crippen LogP contribution in [0.25, 0.3) is 0 Å². The van der Waals surface area contributed by atoms with Gasteiger partial charge >= 0.3 is 5.97 Å². The summed E-state index contributed by atoms with van der Waals surface area (Å²) in [4.78, 5) is 26.2. The third-order valence-electron chi connectivity index (χ3n) is 1.84. The molecule has 0 unspecified atom stereocenters. The number of anilines is 1. The number of nitrogens with zero attached hydrogens (tertiary/aromatic N) is 1. The lowest BCUT2D eigenvalue weighted by Crippen LogP contribution is -2.15. The van der Waals surface area contributed by atoms with Gasteiger partial charge < -0.3 is 10.1 Å². The molecule has 0 radical (unpaired) electrons. The molecule has 1 rings (SSSR count). The Morgan fingerprint density at radius 2 is 2.06 bits per heavy atom. The summed E-state index contributed by atoms with van der Waals surface area (Å²) in [5, 5.41) is 2.54. The van der Waals surface area contributed by atoms with Crippen molar-refractivity contribution < 1.29 is 14.3 Å². The van der Waals surface area contributed by atoms with Crippen LogP contribution in [0.3, 0.4) is 0 Å². The average Bonchev–Trinajstić information content (AvgIpc) is 2.29. The fourth-order valence-corrected chi connectivity index (χ4v) is 1.16. The number of aliphatic imine (C=N–C) groups is 1. The van der Waals surface area contributed by atoms with Crippen molar-refractivity contribution in [2.45, 2.75) is 0 Å². The number of carbonyl (C=O) groups excluding carboxylic acids is 2. The third kappa shape index (κ3) is 2.91. The minimum Gasteiger partial charge on any atom is -0.465 e. The van der Waals surface area contributed by atoms with Crippen LogP contribution >= 0.6 is 0 Å². The van der Waals surface area contributed by atoms with Gasteiger partial charge in [0.05, 0.1) is 24.6 Å². The molecule has 1 N–H and O–H groups in total. The summed E-state index contributed by atoms with van der Waals surface area (Å²) in [5.74, 6) is -0.886. The van der Waals surface area contributed by atoms with E-state index in [0.29, 0.717) is 11.3 Å². The minimum absolute atomic E-state index is 0.308. The number of ether oxygens (including phenoxy) is 1. The van der Waals surface area contributed by atoms with Gasteiger partial charge in [0.1, 0.15) is 0 Å². The fraction of sp³-hybridized carbons (Fsp3) is 0.182. The predicted octanol–water partition coefficient (Wildman–Crippen LogP) is 1.11. The lowest BCUT2D eigenvalue weighted by Gasteiger charge is -2.07. The first-order valence-electron chi connectivity index (χ1n) is 4.59. The average molecular weight is 220 g/mol. The Morgan fingerprint density at radius 1 is 1.38 bits per heavy atom. The molecule has 0 fully saturated rings. The Morgan fingerprint density at radius 3 is 2.69 bits per heavy atom. The molecule has 1 amide bonds. The van der Waals surface area contributed by atoms with Gasteiger partial charge in [0.15, 0.2) is 0 Å². The number of amides is 1. The number of benzene rings is 1. The van der Waals surface area contributed by atoms with E-state index in [1.807, 2.05) is 0 Å². The molecule has 0 saturated carbocycles. The normalized spacial score (nSPS) is 10.1. The molecule has 0 saturated heterocycles. The van der Waals surface area contributed by atoms with Gasteiger partial charge in [-0.15, -0.1) is 0 Å². The molecule has 0 atom stereocenters. The lowest BCUT2D eigenvalue weighted by molar-refractivity contribution is -0.109. The maximum absolute atomic E-state index is 11.4. The number of nitrogens with one attached hydrogen (secondary N) is 1. The topological polar surface area (TPSA) is 67.8 Å². The van der Waals surface area contributed by atoms with E-state index in [9.17, 15) is 9.59 Å². The highest BCUT2D eigenvalue weighted by molar-refractivity contribution is 6.32. The van der Waals surface area contributed by atoms with Crippen LogP contribution in [0.15, 0.2) is 29.3 Å². The summed E-state index contributed by atoms with van der Waals surface area (Å²) in [6, 6.07) is 6.60. The lowest BCUT2D eigenvalue weighted by atomic mass is 10.2. The van der Waals surface area contributed by atoms with Crippen molar-refractivity contribution in [1.82, 2.24) is 0 Å². The molecule has 0 spiro atoms. The summed E-state index contributed by atoms with van der Waals surface area (Å²) < 4.78 is 4.59. The van der Waals surface area contributed by atoms with Crippen LogP contribution in [0.2, 0.25) is 0 Å². The molecule has 0 heterocycles. The van der Waals surface area contributed by atoms with Gasteiger partial charge in [-0.25, -0.2) is 4.79 Å². The highest BCUT2D eigenvalue weighted by Crippen LogP contribution is 2.15. The van der Waals surface area contributed by atoms with Crippen molar-refractivity contribution in [2.24, 2.45) is 4.99 Å². The Bertz CT molecular complexity index is 427. The first kappa shape index (κ1) is 11.9. The van der Waals surface area contributed by atoms with Crippen LogP contribution in [-0.2, 0) is 9.53 Å². The molecular formula is C11H12N2O3. The first-order chi connectivity index (χ1) is 7.69. The second kappa shape index (κ2) is 5.65. The standard InChI is InChI=1S/C11H12N2O3/c1-12-7-10(14)13-9-6-4-3-5-8(9)11(15)16-2/h3-7H,1-2H3,(H,13,14)/b12-7+. The Labute approximate surface area is 93.1 Å². The van der Waals surface area contributed by atoms with Crippen molar-refractivity contribution >= 4 is 23.8 Å². The van der Waals surface area contributed by atoms with E-state index in [-0.39, 0.29) is 5.91 Å². The van der Waals surface area contributed by atoms with E-state index >= 15 is 0 Å². The van der Waals surface area contributed by atoms with Crippen molar-refractivity contribution in [2.75, 3.05) is 19.5 Å². The molecule has 1 aromatic rings. The highest BCUT2D eigenvalue weighted by Gasteiger charge is 2.11. The van der Waals surface area contributed by atoms with Crippen molar-refractivity contribution in [3.05, 3.63) is 29.8 Å². The Balaban J connectivity index is 2.95. The van der Waals surface area contributed by atoms with Crippen LogP contribution in [-0.4, -0.2) is 32.2 Å². The number of hydrogen-bond donors (Lipinski definition) is 1. The molecule has 5 heteroatoms. The van der Waals surface area contributed by atoms with E-state index in [1.165, 1.54) is 14.2 Å². The zero-order valence-electron chi connectivity index (χ0n) is 9.06. The maximum Gasteiger partial charge on any atom is 0.339 e. The monoisotopic (exact) mass is 220 g/mol. The molecule has 0 aliphatic carbocycles. The summed E-state index contributed by atoms with van der Waals surface area (Å²) in [6.45, 7) is 0. The first-order valence-corrected chi connectivity index (χ1v) is 4.59. The summed E-state index contributed by atoms with van der Waals surface area (Å²) in [7, 11) is 2.78. The van der Waals surface area contributed by atoms with Crippen molar-refractivity contribution in [1.29, 1.82) is 0 Å². The second-order valence-corrected chi connectivity index (χ2v) is 2.91. The van der Waals surface area contributed by atoms with E-state index in [2.05, 4.69) is 15.0 Å². The minimum atomic E-state index is -0.496. The zero-order chi connectivity index (χ0) is 12.0. The highest BCUT2D eigenvalue weighted by atomic mass is 16.5. The second-order valence-electron chi connectivity index (χ2n) is 2.91. The van der Waals surface area contributed by atoms with Crippen LogP contribution in [0.5, 0.6) is 0 Å². The van der Waals surface area contributed by atoms with Gasteiger partial charge in [-0.2, -0.15) is 0 Å². The van der Waals surface area contributed by atoms with Gasteiger partial charge in [0, 0.05) is 7.05 Å². The molecule has 0 aliphatic rings. The molecule has 5 nitrogen and oxygen atoms in total. The van der Waals surface area contributed by atoms with E-state index in [1.54, 1.807) is 24.3 Å². The Hall–Kier alpha value is -2.17. The van der Waals surface area contributed by atoms with Gasteiger partial charge in [-0.1, -0.05) is 12.1 Å². The smallest absolute Gasteiger partial charge is 0.339 e. The zero-order valence-corrected chi connectivity index (χ0v) is 9.06. The quantitative estimate of drug-likeness (QED) is 0.613. The van der Waals surface area contributed by atoms with E-state index < -0.39 is 5.97 Å². The largest absolute Gasteiger partial charge is 0.465 e. The van der Waals surface area contributed by atoms with Crippen LogP contribution in [0.4, 0.5) is 5.69 Å². The van der Waals surface area contributed by atoms with Crippen LogP contribution in [0.1, 0.15) is 10.4 Å². The molecule has 84 valence electrons. The molecule has 1 aromatic carbocycles. The number of hydrogen-bond acceptors (Lipinski definition) is 4. The van der Waals surface area contributed by atoms with E-state index in [0.717, 1.165) is 6.21 Å². The summed E-state index contributed by atoms with van der Waals surface area (Å²) in [6.07, 6.45) is 1.13. The molecular weight excluding hydrogens is 208 g/mol. The SMILES string of the molecule is C/N=C/C(=O)Nc1ccccc1C(=O)OC. The molecule has 0 aliphatic heterocycles. The number of carbonyl (C=O) groups is 2. The number of rotatable bonds is 3. The molecule has 0 bridgehead atoms. The van der Waals surface area contributed by atoms with E-state index in [4.69, 9.17) is 0 Å². The van der Waals surface area contributed by atoms with Gasteiger partial charge in [0.2, 0.25) is 0 Å². The fourth-order valence-electron chi connectivity index (χ4n) is 1.16. The van der Waals surface area contributed by atoms with Gasteiger partial charge in [-0.05, 0) is 12.1 Å². The number of para-hydroxylation sites is 1. The summed E-state index contributed by atoms with van der Waals surface area (Å²) >= 11 is 0. The van der Waals surface area contributed by atoms with Crippen molar-refractivity contribution in [3.63, 3.8) is 0 Å².